The standard InChI is InChI=1S/C27H28Cl2N8O3/c28-20-15-31-16-21(29)24(20)26(30)40-18-2-3-22-19(13-18)25(34-33-22)17-1-4-23(32-14-17)35-5-7-36(8-6-35)27(38)37-9-11-39-12-10-37/h1-4,13-16,26H,5-12,30H2,(H,33,34)/t26-/m0/s1. The lowest BCUT2D eigenvalue weighted by molar-refractivity contribution is 0.0428. The molecular weight excluding hydrogens is 555 g/mol. The molecule has 0 unspecified atom stereocenters. The van der Waals surface area contributed by atoms with Gasteiger partial charge in [0.25, 0.3) is 0 Å². The number of carbonyl (C=O) groups is 1. The maximum Gasteiger partial charge on any atom is 0.320 e. The van der Waals surface area contributed by atoms with E-state index in [-0.39, 0.29) is 6.03 Å². The minimum Gasteiger partial charge on any atom is -0.471 e. The molecular formula is C27H28Cl2N8O3. The van der Waals surface area contributed by atoms with Crippen molar-refractivity contribution in [3.05, 3.63) is 64.5 Å². The molecule has 208 valence electrons. The van der Waals surface area contributed by atoms with Crippen LogP contribution in [0.3, 0.4) is 0 Å². The number of carbonyl (C=O) groups excluding carboxylic acids is 1. The van der Waals surface area contributed by atoms with E-state index in [1.807, 2.05) is 40.3 Å². The Morgan fingerprint density at radius 3 is 2.40 bits per heavy atom. The van der Waals surface area contributed by atoms with E-state index in [4.69, 9.17) is 43.4 Å². The quantitative estimate of drug-likeness (QED) is 0.339. The summed E-state index contributed by atoms with van der Waals surface area (Å²) >= 11 is 12.5. The summed E-state index contributed by atoms with van der Waals surface area (Å²) in [4.78, 5) is 27.4. The minimum atomic E-state index is -0.874. The van der Waals surface area contributed by atoms with Crippen molar-refractivity contribution < 1.29 is 14.3 Å². The number of urea groups is 1. The van der Waals surface area contributed by atoms with Gasteiger partial charge in [-0.05, 0) is 30.3 Å². The zero-order valence-electron chi connectivity index (χ0n) is 21.6. The van der Waals surface area contributed by atoms with E-state index in [0.717, 1.165) is 41.1 Å². The number of H-pyrrole nitrogens is 1. The summed E-state index contributed by atoms with van der Waals surface area (Å²) in [5.41, 5.74) is 9.18. The van der Waals surface area contributed by atoms with Crippen molar-refractivity contribution in [2.24, 2.45) is 5.73 Å². The van der Waals surface area contributed by atoms with Gasteiger partial charge in [0.15, 0.2) is 6.23 Å². The number of aromatic amines is 1. The van der Waals surface area contributed by atoms with E-state index in [2.05, 4.69) is 20.1 Å². The molecule has 0 radical (unpaired) electrons. The van der Waals surface area contributed by atoms with Crippen LogP contribution >= 0.6 is 23.2 Å². The lowest BCUT2D eigenvalue weighted by atomic mass is 10.1. The van der Waals surface area contributed by atoms with Crippen molar-refractivity contribution in [1.29, 1.82) is 0 Å². The van der Waals surface area contributed by atoms with Gasteiger partial charge in [-0.2, -0.15) is 5.10 Å². The molecule has 0 bridgehead atoms. The predicted molar refractivity (Wildman–Crippen MR) is 153 cm³/mol. The first-order valence-electron chi connectivity index (χ1n) is 13.0. The van der Waals surface area contributed by atoms with Crippen molar-refractivity contribution >= 4 is 46.0 Å². The number of nitrogens with two attached hydrogens (primary N) is 1. The lowest BCUT2D eigenvalue weighted by Gasteiger charge is -2.38. The van der Waals surface area contributed by atoms with Crippen molar-refractivity contribution in [2.75, 3.05) is 57.4 Å². The van der Waals surface area contributed by atoms with Crippen LogP contribution < -0.4 is 15.4 Å². The smallest absolute Gasteiger partial charge is 0.320 e. The SMILES string of the molecule is N[C@@H](Oc1ccc2[nH]nc(-c3ccc(N4CCN(C(=O)N5CCOCC5)CC4)nc3)c2c1)c1c(Cl)cncc1Cl. The number of rotatable bonds is 5. The number of hydrogen-bond acceptors (Lipinski definition) is 8. The van der Waals surface area contributed by atoms with Gasteiger partial charge in [-0.25, -0.2) is 9.78 Å². The first kappa shape index (κ1) is 26.6. The number of nitrogens with zero attached hydrogens (tertiary/aromatic N) is 6. The van der Waals surface area contributed by atoms with Crippen LogP contribution in [0.25, 0.3) is 22.2 Å². The maximum absolute atomic E-state index is 12.8. The van der Waals surface area contributed by atoms with Gasteiger partial charge in [-0.3, -0.25) is 15.8 Å². The lowest BCUT2D eigenvalue weighted by Crippen LogP contribution is -2.55. The van der Waals surface area contributed by atoms with Crippen molar-refractivity contribution in [3.8, 4) is 17.0 Å². The van der Waals surface area contributed by atoms with Gasteiger partial charge in [0, 0.05) is 74.4 Å². The summed E-state index contributed by atoms with van der Waals surface area (Å²) in [5.74, 6) is 1.41. The third kappa shape index (κ3) is 5.37. The van der Waals surface area contributed by atoms with E-state index in [1.165, 1.54) is 12.4 Å². The van der Waals surface area contributed by atoms with Crippen LogP contribution in [0.4, 0.5) is 10.6 Å². The summed E-state index contributed by atoms with van der Waals surface area (Å²) < 4.78 is 11.3. The second-order valence-corrected chi connectivity index (χ2v) is 10.4. The van der Waals surface area contributed by atoms with E-state index >= 15 is 0 Å². The second kappa shape index (κ2) is 11.5. The molecule has 13 heteroatoms. The second-order valence-electron chi connectivity index (χ2n) is 9.60. The molecule has 0 aliphatic carbocycles. The van der Waals surface area contributed by atoms with Crippen LogP contribution in [0.2, 0.25) is 10.0 Å². The topological polar surface area (TPSA) is 126 Å². The van der Waals surface area contributed by atoms with E-state index in [0.29, 0.717) is 60.8 Å². The Morgan fingerprint density at radius 2 is 1.70 bits per heavy atom. The zero-order chi connectivity index (χ0) is 27.6. The predicted octanol–water partition coefficient (Wildman–Crippen LogP) is 3.94. The molecule has 11 nitrogen and oxygen atoms in total. The summed E-state index contributed by atoms with van der Waals surface area (Å²) in [6.07, 6.45) is 3.89. The summed E-state index contributed by atoms with van der Waals surface area (Å²) in [6, 6.07) is 9.63. The minimum absolute atomic E-state index is 0.0907. The molecule has 1 atom stereocenters. The highest BCUT2D eigenvalue weighted by Gasteiger charge is 2.27. The average molecular weight is 583 g/mol. The Morgan fingerprint density at radius 1 is 0.975 bits per heavy atom. The van der Waals surface area contributed by atoms with E-state index in [9.17, 15) is 4.79 Å². The molecule has 0 spiro atoms. The molecule has 5 heterocycles. The molecule has 40 heavy (non-hydrogen) atoms. The summed E-state index contributed by atoms with van der Waals surface area (Å²) in [6.45, 7) is 5.26. The Labute approximate surface area is 240 Å². The largest absolute Gasteiger partial charge is 0.471 e. The van der Waals surface area contributed by atoms with E-state index < -0.39 is 6.23 Å². The van der Waals surface area contributed by atoms with Gasteiger partial charge < -0.3 is 24.2 Å². The molecule has 2 amide bonds. The highest BCUT2D eigenvalue weighted by Crippen LogP contribution is 2.33. The Balaban J connectivity index is 1.14. The van der Waals surface area contributed by atoms with Crippen LogP contribution in [-0.4, -0.2) is 88.5 Å². The molecule has 2 aliphatic heterocycles. The van der Waals surface area contributed by atoms with Gasteiger partial charge in [0.05, 0.1) is 28.8 Å². The molecule has 2 fully saturated rings. The number of aromatic nitrogens is 4. The number of anilines is 1. The molecule has 6 rings (SSSR count). The van der Waals surface area contributed by atoms with Crippen molar-refractivity contribution in [2.45, 2.75) is 6.23 Å². The van der Waals surface area contributed by atoms with Crippen LogP contribution in [0, 0.1) is 0 Å². The molecule has 2 saturated heterocycles. The number of halogens is 2. The maximum atomic E-state index is 12.8. The number of fused-ring (bicyclic) bond motifs is 1. The Kier molecular flexibility index (Phi) is 7.61. The Bertz CT molecular complexity index is 1480. The summed E-state index contributed by atoms with van der Waals surface area (Å²) in [5, 5.41) is 9.11. The molecule has 1 aromatic carbocycles. The van der Waals surface area contributed by atoms with Gasteiger partial charge >= 0.3 is 6.03 Å². The van der Waals surface area contributed by atoms with Crippen LogP contribution in [0.1, 0.15) is 11.8 Å². The number of piperazine rings is 1. The van der Waals surface area contributed by atoms with Gasteiger partial charge in [0.2, 0.25) is 0 Å². The third-order valence-corrected chi connectivity index (χ3v) is 7.75. The van der Waals surface area contributed by atoms with Crippen LogP contribution in [0.15, 0.2) is 48.9 Å². The highest BCUT2D eigenvalue weighted by atomic mass is 35.5. The normalized spacial score (nSPS) is 16.8. The summed E-state index contributed by atoms with van der Waals surface area (Å²) in [7, 11) is 0. The molecule has 3 aromatic heterocycles. The van der Waals surface area contributed by atoms with Gasteiger partial charge in [-0.1, -0.05) is 23.2 Å². The highest BCUT2D eigenvalue weighted by molar-refractivity contribution is 6.35. The van der Waals surface area contributed by atoms with E-state index in [1.54, 1.807) is 6.07 Å². The number of hydrogen-bond donors (Lipinski definition) is 2. The fourth-order valence-electron chi connectivity index (χ4n) is 4.98. The third-order valence-electron chi connectivity index (χ3n) is 7.15. The van der Waals surface area contributed by atoms with Crippen molar-refractivity contribution in [3.63, 3.8) is 0 Å². The molecule has 3 N–H and O–H groups in total. The fourth-order valence-corrected chi connectivity index (χ4v) is 5.56. The van der Waals surface area contributed by atoms with Gasteiger partial charge in [0.1, 0.15) is 17.3 Å². The van der Waals surface area contributed by atoms with Crippen LogP contribution in [0.5, 0.6) is 5.75 Å². The number of ether oxygens (including phenoxy) is 2. The number of nitrogens with one attached hydrogen (secondary N) is 1. The zero-order valence-corrected chi connectivity index (χ0v) is 23.1. The monoisotopic (exact) mass is 582 g/mol. The molecule has 2 aliphatic rings. The number of benzene rings is 1. The fraction of sp³-hybridized carbons (Fsp3) is 0.333. The van der Waals surface area contributed by atoms with Crippen molar-refractivity contribution in [1.82, 2.24) is 30.0 Å². The van der Waals surface area contributed by atoms with Crippen LogP contribution in [-0.2, 0) is 4.74 Å². The molecule has 4 aromatic rings. The molecule has 0 saturated carbocycles. The first-order valence-corrected chi connectivity index (χ1v) is 13.8. The van der Waals surface area contributed by atoms with Gasteiger partial charge in [-0.15, -0.1) is 0 Å². The average Bonchev–Trinajstić information content (AvgIpc) is 3.41. The first-order chi connectivity index (χ1) is 19.5. The number of amides is 2. The number of morpholine rings is 1. The Hall–Kier alpha value is -3.64. The number of pyridine rings is 2.